The Morgan fingerprint density at radius 1 is 1.25 bits per heavy atom. The molecular weight excluding hydrogens is 354 g/mol. The number of benzene rings is 2. The van der Waals surface area contributed by atoms with E-state index in [0.717, 1.165) is 23.0 Å². The number of nitrogens with zero attached hydrogens (tertiary/aromatic N) is 3. The van der Waals surface area contributed by atoms with E-state index in [4.69, 9.17) is 4.74 Å². The summed E-state index contributed by atoms with van der Waals surface area (Å²) in [4.78, 5) is 13.1. The highest BCUT2D eigenvalue weighted by molar-refractivity contribution is 5.86. The van der Waals surface area contributed by atoms with E-state index in [-0.39, 0.29) is 12.4 Å². The van der Waals surface area contributed by atoms with Gasteiger partial charge in [-0.1, -0.05) is 38.6 Å². The van der Waals surface area contributed by atoms with Crippen molar-refractivity contribution < 1.29 is 14.6 Å². The Morgan fingerprint density at radius 2 is 1.89 bits per heavy atom. The molecule has 0 bridgehead atoms. The van der Waals surface area contributed by atoms with E-state index in [1.165, 1.54) is 4.80 Å². The molecule has 1 aromatic heterocycles. The Balaban J connectivity index is 1.98. The van der Waals surface area contributed by atoms with E-state index < -0.39 is 5.97 Å². The Kier molecular flexibility index (Phi) is 5.78. The van der Waals surface area contributed by atoms with Gasteiger partial charge in [-0.15, -0.1) is 15.0 Å². The molecule has 6 heteroatoms. The molecule has 1 heterocycles. The quantitative estimate of drug-likeness (QED) is 0.489. The SMILES string of the molecule is C=C(C)C(=O)OCCc1cc(C(C)CC)cc(-n2nc3ccccc3n2)c1O. The lowest BCUT2D eigenvalue weighted by Crippen LogP contribution is -2.09. The second-order valence-corrected chi connectivity index (χ2v) is 7.00. The monoisotopic (exact) mass is 379 g/mol. The maximum atomic E-state index is 11.6. The molecule has 0 saturated heterocycles. The highest BCUT2D eigenvalue weighted by Gasteiger charge is 2.17. The maximum Gasteiger partial charge on any atom is 0.333 e. The third-order valence-electron chi connectivity index (χ3n) is 4.83. The van der Waals surface area contributed by atoms with Gasteiger partial charge in [0.1, 0.15) is 22.5 Å². The number of aromatic nitrogens is 3. The van der Waals surface area contributed by atoms with Crippen LogP contribution in [-0.2, 0) is 16.0 Å². The molecule has 1 unspecified atom stereocenters. The van der Waals surface area contributed by atoms with Crippen LogP contribution in [0.2, 0.25) is 0 Å². The van der Waals surface area contributed by atoms with Crippen molar-refractivity contribution in [3.63, 3.8) is 0 Å². The van der Waals surface area contributed by atoms with Crippen LogP contribution in [0.3, 0.4) is 0 Å². The average Bonchev–Trinajstić information content (AvgIpc) is 3.12. The van der Waals surface area contributed by atoms with Crippen LogP contribution >= 0.6 is 0 Å². The molecule has 2 aromatic carbocycles. The van der Waals surface area contributed by atoms with Crippen LogP contribution in [0.5, 0.6) is 5.75 Å². The number of carbonyl (C=O) groups is 1. The predicted molar refractivity (Wildman–Crippen MR) is 109 cm³/mol. The first kappa shape index (κ1) is 19.6. The topological polar surface area (TPSA) is 77.2 Å². The van der Waals surface area contributed by atoms with E-state index in [2.05, 4.69) is 30.6 Å². The van der Waals surface area contributed by atoms with Gasteiger partial charge in [0.05, 0.1) is 6.61 Å². The van der Waals surface area contributed by atoms with Gasteiger partial charge in [-0.3, -0.25) is 0 Å². The zero-order chi connectivity index (χ0) is 20.3. The summed E-state index contributed by atoms with van der Waals surface area (Å²) in [7, 11) is 0. The molecular formula is C22H25N3O3. The van der Waals surface area contributed by atoms with Gasteiger partial charge in [0.2, 0.25) is 0 Å². The summed E-state index contributed by atoms with van der Waals surface area (Å²) < 4.78 is 5.20. The molecule has 0 aliphatic rings. The molecule has 0 aliphatic heterocycles. The zero-order valence-corrected chi connectivity index (χ0v) is 16.5. The highest BCUT2D eigenvalue weighted by Crippen LogP contribution is 2.32. The summed E-state index contributed by atoms with van der Waals surface area (Å²) in [6, 6.07) is 11.5. The summed E-state index contributed by atoms with van der Waals surface area (Å²) >= 11 is 0. The molecule has 0 fully saturated rings. The van der Waals surface area contributed by atoms with Gasteiger partial charge in [0, 0.05) is 12.0 Å². The first-order chi connectivity index (χ1) is 13.4. The molecule has 0 saturated carbocycles. The van der Waals surface area contributed by atoms with Crippen molar-refractivity contribution in [2.75, 3.05) is 6.61 Å². The van der Waals surface area contributed by atoms with Crippen LogP contribution in [0, 0.1) is 0 Å². The smallest absolute Gasteiger partial charge is 0.333 e. The number of fused-ring (bicyclic) bond motifs is 1. The fraction of sp³-hybridized carbons (Fsp3) is 0.318. The van der Waals surface area contributed by atoms with Gasteiger partial charge < -0.3 is 9.84 Å². The maximum absolute atomic E-state index is 11.6. The van der Waals surface area contributed by atoms with Crippen molar-refractivity contribution >= 4 is 17.0 Å². The fourth-order valence-corrected chi connectivity index (χ4v) is 2.91. The first-order valence-electron chi connectivity index (χ1n) is 9.41. The first-order valence-corrected chi connectivity index (χ1v) is 9.41. The molecule has 28 heavy (non-hydrogen) atoms. The fourth-order valence-electron chi connectivity index (χ4n) is 2.91. The number of rotatable bonds is 7. The lowest BCUT2D eigenvalue weighted by atomic mass is 9.94. The van der Waals surface area contributed by atoms with E-state index in [1.807, 2.05) is 36.4 Å². The predicted octanol–water partition coefficient (Wildman–Crippen LogP) is 4.30. The van der Waals surface area contributed by atoms with Crippen molar-refractivity contribution in [1.82, 2.24) is 15.0 Å². The second kappa shape index (κ2) is 8.25. The minimum Gasteiger partial charge on any atom is -0.505 e. The summed E-state index contributed by atoms with van der Waals surface area (Å²) in [5, 5.41) is 19.8. The number of hydrogen-bond donors (Lipinski definition) is 1. The minimum atomic E-state index is -0.433. The third-order valence-corrected chi connectivity index (χ3v) is 4.83. The summed E-state index contributed by atoms with van der Waals surface area (Å²) in [6.45, 7) is 9.60. The standard InChI is InChI=1S/C22H25N3O3/c1-5-15(4)17-12-16(10-11-28-22(27)14(2)3)21(26)20(13-17)25-23-18-8-6-7-9-19(18)24-25/h6-9,12-13,15,26H,2,5,10-11H2,1,3-4H3. The van der Waals surface area contributed by atoms with Gasteiger partial charge in [0.15, 0.2) is 0 Å². The van der Waals surface area contributed by atoms with E-state index >= 15 is 0 Å². The number of esters is 1. The molecule has 3 aromatic rings. The van der Waals surface area contributed by atoms with Crippen LogP contribution in [-0.4, -0.2) is 32.7 Å². The van der Waals surface area contributed by atoms with E-state index in [9.17, 15) is 9.90 Å². The highest BCUT2D eigenvalue weighted by atomic mass is 16.5. The minimum absolute atomic E-state index is 0.0960. The molecule has 0 amide bonds. The van der Waals surface area contributed by atoms with E-state index in [1.54, 1.807) is 6.92 Å². The number of phenolic OH excluding ortho intramolecular Hbond substituents is 1. The van der Waals surface area contributed by atoms with E-state index in [0.29, 0.717) is 29.2 Å². The number of ether oxygens (including phenoxy) is 1. The molecule has 0 spiro atoms. The lowest BCUT2D eigenvalue weighted by molar-refractivity contribution is -0.138. The molecule has 0 radical (unpaired) electrons. The number of hydrogen-bond acceptors (Lipinski definition) is 5. The summed E-state index contributed by atoms with van der Waals surface area (Å²) in [6.07, 6.45) is 1.35. The van der Waals surface area contributed by atoms with Gasteiger partial charge in [0.25, 0.3) is 0 Å². The number of aromatic hydroxyl groups is 1. The van der Waals surface area contributed by atoms with Gasteiger partial charge >= 0.3 is 5.97 Å². The third kappa shape index (κ3) is 4.06. The largest absolute Gasteiger partial charge is 0.505 e. The zero-order valence-electron chi connectivity index (χ0n) is 16.5. The summed E-state index contributed by atoms with van der Waals surface area (Å²) in [5.74, 6) is -0.0300. The lowest BCUT2D eigenvalue weighted by Gasteiger charge is -2.16. The van der Waals surface area contributed by atoms with Gasteiger partial charge in [-0.25, -0.2) is 4.79 Å². The summed E-state index contributed by atoms with van der Waals surface area (Å²) in [5.41, 5.74) is 4.17. The molecule has 146 valence electrons. The molecule has 0 aliphatic carbocycles. The molecule has 3 rings (SSSR count). The van der Waals surface area contributed by atoms with Crippen molar-refractivity contribution in [2.45, 2.75) is 39.5 Å². The second-order valence-electron chi connectivity index (χ2n) is 7.00. The van der Waals surface area contributed by atoms with Gasteiger partial charge in [-0.2, -0.15) is 0 Å². The van der Waals surface area contributed by atoms with Crippen LogP contribution in [0.1, 0.15) is 44.2 Å². The van der Waals surface area contributed by atoms with Crippen LogP contribution < -0.4 is 0 Å². The number of carbonyl (C=O) groups excluding carboxylic acids is 1. The molecule has 6 nitrogen and oxygen atoms in total. The molecule has 1 atom stereocenters. The molecule has 1 N–H and O–H groups in total. The van der Waals surface area contributed by atoms with Crippen LogP contribution in [0.4, 0.5) is 0 Å². The Morgan fingerprint density at radius 3 is 2.46 bits per heavy atom. The Bertz CT molecular complexity index is 990. The normalized spacial score (nSPS) is 12.1. The van der Waals surface area contributed by atoms with Crippen LogP contribution in [0.25, 0.3) is 16.7 Å². The van der Waals surface area contributed by atoms with Crippen LogP contribution in [0.15, 0.2) is 48.6 Å². The van der Waals surface area contributed by atoms with Crippen molar-refractivity contribution in [1.29, 1.82) is 0 Å². The Hall–Kier alpha value is -3.15. The Labute approximate surface area is 164 Å². The number of phenols is 1. The van der Waals surface area contributed by atoms with Crippen molar-refractivity contribution in [3.8, 4) is 11.4 Å². The average molecular weight is 379 g/mol. The van der Waals surface area contributed by atoms with Crippen molar-refractivity contribution in [3.05, 3.63) is 59.7 Å². The van der Waals surface area contributed by atoms with Gasteiger partial charge in [-0.05, 0) is 48.6 Å². The van der Waals surface area contributed by atoms with Crippen molar-refractivity contribution in [2.24, 2.45) is 0 Å².